The van der Waals surface area contributed by atoms with Gasteiger partial charge in [0, 0.05) is 38.1 Å². The molecule has 260 valence electrons. The molecule has 0 spiro atoms. The van der Waals surface area contributed by atoms with Gasteiger partial charge in [0.05, 0.1) is 27.8 Å². The molecule has 0 saturated heterocycles. The zero-order valence-electron chi connectivity index (χ0n) is 30.1. The Kier molecular flexibility index (Phi) is 6.56. The third kappa shape index (κ3) is 4.46. The maximum Gasteiger partial charge on any atom is 0.238 e. The van der Waals surface area contributed by atoms with Gasteiger partial charge in [-0.25, -0.2) is 4.98 Å². The molecule has 12 rings (SSSR count). The van der Waals surface area contributed by atoms with E-state index in [0.717, 1.165) is 60.3 Å². The van der Waals surface area contributed by atoms with Crippen molar-refractivity contribution in [3.8, 4) is 34.4 Å². The zero-order valence-corrected chi connectivity index (χ0v) is 30.1. The van der Waals surface area contributed by atoms with Crippen LogP contribution in [-0.2, 0) is 0 Å². The predicted molar refractivity (Wildman–Crippen MR) is 232 cm³/mol. The van der Waals surface area contributed by atoms with Crippen molar-refractivity contribution in [2.24, 2.45) is 0 Å². The highest BCUT2D eigenvalue weighted by molar-refractivity contribution is 6.25. The Labute approximate surface area is 321 Å². The van der Waals surface area contributed by atoms with Crippen LogP contribution in [0.25, 0.3) is 110 Å². The molecule has 0 saturated carbocycles. The Bertz CT molecular complexity index is 3540. The smallest absolute Gasteiger partial charge is 0.238 e. The van der Waals surface area contributed by atoms with Gasteiger partial charge < -0.3 is 4.57 Å². The Morgan fingerprint density at radius 2 is 0.893 bits per heavy atom. The van der Waals surface area contributed by atoms with Gasteiger partial charge in [-0.2, -0.15) is 9.97 Å². The lowest BCUT2D eigenvalue weighted by Gasteiger charge is -2.15. The second-order valence-corrected chi connectivity index (χ2v) is 14.4. The summed E-state index contributed by atoms with van der Waals surface area (Å²) < 4.78 is 4.73. The first-order valence-corrected chi connectivity index (χ1v) is 19.0. The molecule has 0 unspecified atom stereocenters. The van der Waals surface area contributed by atoms with Crippen LogP contribution in [-0.4, -0.2) is 24.1 Å². The molecule has 0 radical (unpaired) electrons. The normalized spacial score (nSPS) is 11.9. The summed E-state index contributed by atoms with van der Waals surface area (Å²) in [5.41, 5.74) is 7.43. The van der Waals surface area contributed by atoms with E-state index in [2.05, 4.69) is 179 Å². The summed E-state index contributed by atoms with van der Waals surface area (Å²) in [6, 6.07) is 66.7. The average molecular weight is 714 g/mol. The maximum absolute atomic E-state index is 5.36. The Hall–Kier alpha value is -7.63. The molecule has 0 fully saturated rings. The van der Waals surface area contributed by atoms with Gasteiger partial charge in [0.25, 0.3) is 0 Å². The summed E-state index contributed by atoms with van der Waals surface area (Å²) >= 11 is 0. The third-order valence-electron chi connectivity index (χ3n) is 11.3. The number of aromatic nitrogens is 5. The monoisotopic (exact) mass is 713 g/mol. The molecular formula is C51H31N5. The lowest BCUT2D eigenvalue weighted by Crippen LogP contribution is -2.07. The predicted octanol–water partition coefficient (Wildman–Crippen LogP) is 12.9. The first kappa shape index (κ1) is 30.8. The van der Waals surface area contributed by atoms with E-state index < -0.39 is 0 Å². The minimum atomic E-state index is 0.572. The van der Waals surface area contributed by atoms with E-state index in [4.69, 9.17) is 15.0 Å². The molecule has 0 amide bonds. The standard InChI is InChI=1S/C51H31N5/c1-2-17-34(18-3-1)49-52-50(39-26-14-20-32-15-4-7-21-36(32)39)54-51(53-49)56-43-28-13-11-25-41(43)47-45(56)31-35-19-6-9-23-38(35)48(47)55-42-27-12-10-24-40(42)46-37-22-8-5-16-33(37)29-30-44(46)55/h1-31H. The molecule has 56 heavy (non-hydrogen) atoms. The largest absolute Gasteiger partial charge is 0.308 e. The molecule has 5 nitrogen and oxygen atoms in total. The van der Waals surface area contributed by atoms with Crippen molar-refractivity contribution in [2.75, 3.05) is 0 Å². The fraction of sp³-hybridized carbons (Fsp3) is 0. The van der Waals surface area contributed by atoms with Gasteiger partial charge in [0.1, 0.15) is 0 Å². The van der Waals surface area contributed by atoms with Crippen molar-refractivity contribution in [2.45, 2.75) is 0 Å². The first-order valence-electron chi connectivity index (χ1n) is 19.0. The van der Waals surface area contributed by atoms with Crippen LogP contribution in [0.15, 0.2) is 188 Å². The van der Waals surface area contributed by atoms with Gasteiger partial charge in [0.2, 0.25) is 5.95 Å². The van der Waals surface area contributed by atoms with Crippen molar-refractivity contribution in [3.63, 3.8) is 0 Å². The summed E-state index contributed by atoms with van der Waals surface area (Å²) in [6.07, 6.45) is 0. The number of para-hydroxylation sites is 2. The van der Waals surface area contributed by atoms with E-state index in [1.165, 1.54) is 32.4 Å². The fourth-order valence-electron chi connectivity index (χ4n) is 8.92. The van der Waals surface area contributed by atoms with E-state index in [1.807, 2.05) is 18.2 Å². The highest BCUT2D eigenvalue weighted by Gasteiger charge is 2.24. The van der Waals surface area contributed by atoms with E-state index in [0.29, 0.717) is 17.6 Å². The van der Waals surface area contributed by atoms with Crippen molar-refractivity contribution >= 4 is 75.9 Å². The number of benzene rings is 9. The number of fused-ring (bicyclic) bond motifs is 10. The molecule has 0 atom stereocenters. The zero-order chi connectivity index (χ0) is 36.7. The Morgan fingerprint density at radius 3 is 1.68 bits per heavy atom. The summed E-state index contributed by atoms with van der Waals surface area (Å²) in [5.74, 6) is 1.83. The minimum absolute atomic E-state index is 0.572. The summed E-state index contributed by atoms with van der Waals surface area (Å²) in [7, 11) is 0. The average Bonchev–Trinajstić information content (AvgIpc) is 3.78. The van der Waals surface area contributed by atoms with Gasteiger partial charge in [-0.3, -0.25) is 4.57 Å². The van der Waals surface area contributed by atoms with Gasteiger partial charge in [0.15, 0.2) is 11.6 Å². The second kappa shape index (κ2) is 11.9. The highest BCUT2D eigenvalue weighted by Crippen LogP contribution is 2.44. The quantitative estimate of drug-likeness (QED) is 0.182. The maximum atomic E-state index is 5.36. The van der Waals surface area contributed by atoms with Crippen LogP contribution in [0.5, 0.6) is 0 Å². The summed E-state index contributed by atoms with van der Waals surface area (Å²) in [5, 5.41) is 11.8. The van der Waals surface area contributed by atoms with Crippen molar-refractivity contribution < 1.29 is 0 Å². The molecule has 3 aromatic heterocycles. The van der Waals surface area contributed by atoms with E-state index in [1.54, 1.807) is 0 Å². The van der Waals surface area contributed by atoms with Crippen LogP contribution in [0.2, 0.25) is 0 Å². The molecular weight excluding hydrogens is 683 g/mol. The van der Waals surface area contributed by atoms with Gasteiger partial charge in [-0.1, -0.05) is 164 Å². The Balaban J connectivity index is 1.25. The van der Waals surface area contributed by atoms with E-state index >= 15 is 0 Å². The highest BCUT2D eigenvalue weighted by atomic mass is 15.2. The number of hydrogen-bond acceptors (Lipinski definition) is 3. The SMILES string of the molecule is c1ccc(-c2nc(-c3cccc4ccccc34)nc(-n3c4ccccc4c4c(-n5c6ccccc6c6c7ccccc7ccc65)c5ccccc5cc43)n2)cc1. The van der Waals surface area contributed by atoms with E-state index in [9.17, 15) is 0 Å². The molecule has 5 heteroatoms. The Morgan fingerprint density at radius 1 is 0.321 bits per heavy atom. The van der Waals surface area contributed by atoms with Gasteiger partial charge in [-0.15, -0.1) is 0 Å². The van der Waals surface area contributed by atoms with Gasteiger partial charge in [-0.05, 0) is 51.2 Å². The second-order valence-electron chi connectivity index (χ2n) is 14.4. The molecule has 0 aliphatic heterocycles. The number of rotatable bonds is 4. The molecule has 0 aliphatic carbocycles. The van der Waals surface area contributed by atoms with Gasteiger partial charge >= 0.3 is 0 Å². The lowest BCUT2D eigenvalue weighted by atomic mass is 10.0. The molecule has 0 N–H and O–H groups in total. The van der Waals surface area contributed by atoms with Crippen LogP contribution in [0.1, 0.15) is 0 Å². The minimum Gasteiger partial charge on any atom is -0.308 e. The fourth-order valence-corrected chi connectivity index (χ4v) is 8.92. The summed E-state index contributed by atoms with van der Waals surface area (Å²) in [6.45, 7) is 0. The van der Waals surface area contributed by atoms with Crippen molar-refractivity contribution in [3.05, 3.63) is 188 Å². The van der Waals surface area contributed by atoms with Crippen LogP contribution in [0, 0.1) is 0 Å². The van der Waals surface area contributed by atoms with Crippen molar-refractivity contribution in [1.29, 1.82) is 0 Å². The van der Waals surface area contributed by atoms with Crippen LogP contribution >= 0.6 is 0 Å². The number of hydrogen-bond donors (Lipinski definition) is 0. The van der Waals surface area contributed by atoms with Crippen molar-refractivity contribution in [1.82, 2.24) is 24.1 Å². The summed E-state index contributed by atoms with van der Waals surface area (Å²) in [4.78, 5) is 15.8. The van der Waals surface area contributed by atoms with Crippen LogP contribution in [0.4, 0.5) is 0 Å². The number of nitrogens with zero attached hydrogens (tertiary/aromatic N) is 5. The third-order valence-corrected chi connectivity index (χ3v) is 11.3. The van der Waals surface area contributed by atoms with E-state index in [-0.39, 0.29) is 0 Å². The lowest BCUT2D eigenvalue weighted by molar-refractivity contribution is 0.954. The first-order chi connectivity index (χ1) is 27.8. The molecule has 9 aromatic carbocycles. The topological polar surface area (TPSA) is 48.5 Å². The van der Waals surface area contributed by atoms with Crippen LogP contribution in [0.3, 0.4) is 0 Å². The van der Waals surface area contributed by atoms with Crippen LogP contribution < -0.4 is 0 Å². The molecule has 0 bridgehead atoms. The molecule has 12 aromatic rings. The molecule has 3 heterocycles. The molecule has 0 aliphatic rings.